The van der Waals surface area contributed by atoms with Gasteiger partial charge in [0.05, 0.1) is 5.75 Å². The van der Waals surface area contributed by atoms with E-state index in [1.165, 1.54) is 4.72 Å². The van der Waals surface area contributed by atoms with Crippen molar-refractivity contribution in [2.24, 2.45) is 0 Å². The van der Waals surface area contributed by atoms with Crippen molar-refractivity contribution < 1.29 is 21.6 Å². The predicted octanol–water partition coefficient (Wildman–Crippen LogP) is 0.858. The highest BCUT2D eigenvalue weighted by Gasteiger charge is 2.29. The number of nitrogens with one attached hydrogen (secondary N) is 2. The summed E-state index contributed by atoms with van der Waals surface area (Å²) in [7, 11) is -3.81. The smallest absolute Gasteiger partial charge is 0.317 e. The minimum absolute atomic E-state index is 0.292. The lowest BCUT2D eigenvalue weighted by Gasteiger charge is -2.09. The van der Waals surface area contributed by atoms with Gasteiger partial charge in [0.2, 0.25) is 10.0 Å². The maximum absolute atomic E-state index is 11.7. The monoisotopic (exact) mass is 262 g/mol. The number of hydrogen-bond acceptors (Lipinski definition) is 3. The van der Waals surface area contributed by atoms with Crippen molar-refractivity contribution in [3.63, 3.8) is 0 Å². The first-order chi connectivity index (χ1) is 7.27. The zero-order chi connectivity index (χ0) is 12.7. The molecular formula is C8H17F3N2O2S. The van der Waals surface area contributed by atoms with Gasteiger partial charge in [-0.05, 0) is 25.9 Å². The summed E-state index contributed by atoms with van der Waals surface area (Å²) in [5.41, 5.74) is 0. The molecule has 0 amide bonds. The lowest BCUT2D eigenvalue weighted by molar-refractivity contribution is -0.121. The normalized spacial score (nSPS) is 13.0. The van der Waals surface area contributed by atoms with E-state index in [1.54, 1.807) is 0 Å². The van der Waals surface area contributed by atoms with Gasteiger partial charge >= 0.3 is 6.18 Å². The van der Waals surface area contributed by atoms with Crippen molar-refractivity contribution in [3.8, 4) is 0 Å². The van der Waals surface area contributed by atoms with E-state index in [0.717, 1.165) is 13.0 Å². The van der Waals surface area contributed by atoms with Crippen LogP contribution in [0.1, 0.15) is 19.8 Å². The van der Waals surface area contributed by atoms with Gasteiger partial charge in [0, 0.05) is 0 Å². The van der Waals surface area contributed by atoms with Crippen LogP contribution in [0.3, 0.4) is 0 Å². The maximum atomic E-state index is 11.7. The van der Waals surface area contributed by atoms with Gasteiger partial charge in [0.25, 0.3) is 0 Å². The molecule has 0 fully saturated rings. The van der Waals surface area contributed by atoms with Gasteiger partial charge in [-0.1, -0.05) is 6.92 Å². The molecule has 4 nitrogen and oxygen atoms in total. The Morgan fingerprint density at radius 2 is 1.81 bits per heavy atom. The van der Waals surface area contributed by atoms with Crippen LogP contribution in [0.4, 0.5) is 13.2 Å². The molecule has 0 aliphatic carbocycles. The van der Waals surface area contributed by atoms with E-state index >= 15 is 0 Å². The summed E-state index contributed by atoms with van der Waals surface area (Å²) < 4.78 is 58.9. The summed E-state index contributed by atoms with van der Waals surface area (Å²) in [5, 5.41) is 2.97. The van der Waals surface area contributed by atoms with Gasteiger partial charge in [0.15, 0.2) is 0 Å². The van der Waals surface area contributed by atoms with Crippen molar-refractivity contribution in [2.45, 2.75) is 25.9 Å². The van der Waals surface area contributed by atoms with Crippen molar-refractivity contribution in [1.29, 1.82) is 0 Å². The zero-order valence-corrected chi connectivity index (χ0v) is 9.92. The second-order valence-electron chi connectivity index (χ2n) is 3.36. The van der Waals surface area contributed by atoms with Crippen molar-refractivity contribution in [2.75, 3.05) is 25.4 Å². The molecule has 0 atom stereocenters. The summed E-state index contributed by atoms with van der Waals surface area (Å²) in [6.45, 7) is 1.73. The van der Waals surface area contributed by atoms with Crippen molar-refractivity contribution >= 4 is 10.0 Å². The maximum Gasteiger partial charge on any atom is 0.402 e. The van der Waals surface area contributed by atoms with Crippen LogP contribution in [0.2, 0.25) is 0 Å². The fourth-order valence-corrected chi connectivity index (χ4v) is 2.01. The Bertz CT molecular complexity index is 277. The molecule has 0 saturated carbocycles. The average Bonchev–Trinajstić information content (AvgIpc) is 2.14. The van der Waals surface area contributed by atoms with Crippen LogP contribution >= 0.6 is 0 Å². The van der Waals surface area contributed by atoms with Crippen LogP contribution in [-0.2, 0) is 10.0 Å². The van der Waals surface area contributed by atoms with Crippen molar-refractivity contribution in [1.82, 2.24) is 10.0 Å². The first-order valence-electron chi connectivity index (χ1n) is 5.01. The molecule has 0 radical (unpaired) electrons. The number of sulfonamides is 1. The molecule has 0 aromatic rings. The lowest BCUT2D eigenvalue weighted by Crippen LogP contribution is -2.35. The Morgan fingerprint density at radius 3 is 2.31 bits per heavy atom. The van der Waals surface area contributed by atoms with E-state index in [9.17, 15) is 21.6 Å². The second-order valence-corrected chi connectivity index (χ2v) is 5.29. The molecule has 0 rings (SSSR count). The van der Waals surface area contributed by atoms with E-state index in [0.29, 0.717) is 13.0 Å². The minimum atomic E-state index is -4.51. The van der Waals surface area contributed by atoms with Crippen LogP contribution in [0, 0.1) is 0 Å². The zero-order valence-electron chi connectivity index (χ0n) is 9.10. The van der Waals surface area contributed by atoms with Crippen LogP contribution in [0.15, 0.2) is 0 Å². The van der Waals surface area contributed by atoms with E-state index in [4.69, 9.17) is 0 Å². The van der Waals surface area contributed by atoms with E-state index in [2.05, 4.69) is 5.32 Å². The van der Waals surface area contributed by atoms with Gasteiger partial charge < -0.3 is 5.32 Å². The largest absolute Gasteiger partial charge is 0.402 e. The SMILES string of the molecule is CCCNCCCS(=O)(=O)NCC(F)(F)F. The number of alkyl halides is 3. The Labute approximate surface area is 93.7 Å². The molecule has 0 bridgehead atoms. The highest BCUT2D eigenvalue weighted by Crippen LogP contribution is 2.12. The molecule has 0 heterocycles. The molecule has 8 heteroatoms. The Kier molecular flexibility index (Phi) is 6.93. The molecule has 0 unspecified atom stereocenters. The molecule has 0 aliphatic heterocycles. The van der Waals surface area contributed by atoms with Crippen LogP contribution in [0.5, 0.6) is 0 Å². The summed E-state index contributed by atoms with van der Waals surface area (Å²) in [4.78, 5) is 0. The number of hydrogen-bond donors (Lipinski definition) is 2. The molecule has 16 heavy (non-hydrogen) atoms. The summed E-state index contributed by atoms with van der Waals surface area (Å²) >= 11 is 0. The third-order valence-electron chi connectivity index (χ3n) is 1.69. The van der Waals surface area contributed by atoms with Crippen LogP contribution in [0.25, 0.3) is 0 Å². The van der Waals surface area contributed by atoms with Gasteiger partial charge in [-0.2, -0.15) is 13.2 Å². The number of halogens is 3. The van der Waals surface area contributed by atoms with Crippen LogP contribution in [-0.4, -0.2) is 40.0 Å². The number of rotatable bonds is 8. The van der Waals surface area contributed by atoms with Gasteiger partial charge in [0.1, 0.15) is 6.54 Å². The third kappa shape index (κ3) is 10.2. The standard InChI is InChI=1S/C8H17F3N2O2S/c1-2-4-12-5-3-6-16(14,15)13-7-8(9,10)11/h12-13H,2-7H2,1H3. The first-order valence-corrected chi connectivity index (χ1v) is 6.67. The van der Waals surface area contributed by atoms with Gasteiger partial charge in [-0.15, -0.1) is 0 Å². The molecule has 0 aromatic carbocycles. The first kappa shape index (κ1) is 15.7. The molecule has 2 N–H and O–H groups in total. The van der Waals surface area contributed by atoms with Gasteiger partial charge in [-0.3, -0.25) is 0 Å². The Morgan fingerprint density at radius 1 is 1.19 bits per heavy atom. The van der Waals surface area contributed by atoms with E-state index in [1.807, 2.05) is 6.92 Å². The topological polar surface area (TPSA) is 58.2 Å². The molecule has 0 spiro atoms. The Hall–Kier alpha value is -0.340. The van der Waals surface area contributed by atoms with E-state index in [-0.39, 0.29) is 5.75 Å². The van der Waals surface area contributed by atoms with Crippen molar-refractivity contribution in [3.05, 3.63) is 0 Å². The van der Waals surface area contributed by atoms with E-state index < -0.39 is 22.7 Å². The van der Waals surface area contributed by atoms with Gasteiger partial charge in [-0.25, -0.2) is 13.1 Å². The fraction of sp³-hybridized carbons (Fsp3) is 1.00. The predicted molar refractivity (Wildman–Crippen MR) is 55.6 cm³/mol. The molecular weight excluding hydrogens is 245 g/mol. The highest BCUT2D eigenvalue weighted by molar-refractivity contribution is 7.89. The lowest BCUT2D eigenvalue weighted by atomic mass is 10.4. The highest BCUT2D eigenvalue weighted by atomic mass is 32.2. The quantitative estimate of drug-likeness (QED) is 0.638. The molecule has 0 aliphatic rings. The summed E-state index contributed by atoms with van der Waals surface area (Å²) in [6, 6.07) is 0. The molecule has 0 saturated heterocycles. The minimum Gasteiger partial charge on any atom is -0.317 e. The summed E-state index contributed by atoms with van der Waals surface area (Å²) in [5.74, 6) is -0.292. The fourth-order valence-electron chi connectivity index (χ4n) is 0.953. The second kappa shape index (κ2) is 7.08. The molecule has 98 valence electrons. The Balaban J connectivity index is 3.71. The van der Waals surface area contributed by atoms with Crippen LogP contribution < -0.4 is 10.0 Å². The third-order valence-corrected chi connectivity index (χ3v) is 3.10. The summed E-state index contributed by atoms with van der Waals surface area (Å²) in [6.07, 6.45) is -3.28. The average molecular weight is 262 g/mol. The molecule has 0 aromatic heterocycles.